The number of nitrogens with one attached hydrogen (secondary N) is 1. The van der Waals surface area contributed by atoms with Gasteiger partial charge in [0.05, 0.1) is 14.2 Å². The first-order chi connectivity index (χ1) is 16.0. The third-order valence-corrected chi connectivity index (χ3v) is 6.77. The molecule has 0 atom stereocenters. The topological polar surface area (TPSA) is 93.7 Å². The van der Waals surface area contributed by atoms with Gasteiger partial charge in [0.15, 0.2) is 0 Å². The first-order valence-electron chi connectivity index (χ1n) is 10.4. The van der Waals surface area contributed by atoms with Gasteiger partial charge in [0.1, 0.15) is 16.5 Å². The number of rotatable bonds is 6. The molecule has 172 valence electrons. The Balaban J connectivity index is 1.37. The average Bonchev–Trinajstić information content (AvgIpc) is 3.34. The van der Waals surface area contributed by atoms with Crippen molar-refractivity contribution in [3.8, 4) is 11.5 Å². The number of nitrogens with zero attached hydrogens (tertiary/aromatic N) is 3. The Morgan fingerprint density at radius 3 is 2.39 bits per heavy atom. The van der Waals surface area contributed by atoms with Crippen LogP contribution in [0.15, 0.2) is 42.5 Å². The Labute approximate surface area is 200 Å². The first kappa shape index (κ1) is 23.0. The third-order valence-electron chi connectivity index (χ3n) is 5.45. The number of carbonyl (C=O) groups excluding carboxylic acids is 2. The van der Waals surface area contributed by atoms with E-state index in [9.17, 15) is 9.59 Å². The number of hydrogen-bond acceptors (Lipinski definition) is 7. The molecular formula is C23H23ClN4O4S. The Hall–Kier alpha value is -3.17. The van der Waals surface area contributed by atoms with Crippen LogP contribution in [0.2, 0.25) is 5.02 Å². The van der Waals surface area contributed by atoms with Crippen molar-refractivity contribution in [2.24, 2.45) is 0 Å². The lowest BCUT2D eigenvalue weighted by atomic mass is 9.97. The van der Waals surface area contributed by atoms with Crippen LogP contribution in [-0.2, 0) is 0 Å². The molecule has 1 fully saturated rings. The quantitative estimate of drug-likeness (QED) is 0.552. The number of hydrogen-bond donors (Lipinski definition) is 1. The summed E-state index contributed by atoms with van der Waals surface area (Å²) in [5, 5.41) is 12.7. The van der Waals surface area contributed by atoms with Crippen LogP contribution in [-0.4, -0.2) is 54.2 Å². The van der Waals surface area contributed by atoms with Crippen LogP contribution in [0, 0.1) is 0 Å². The zero-order chi connectivity index (χ0) is 23.4. The minimum absolute atomic E-state index is 0.0653. The van der Waals surface area contributed by atoms with E-state index in [1.807, 2.05) is 4.90 Å². The van der Waals surface area contributed by atoms with Crippen LogP contribution in [0.4, 0.5) is 5.69 Å². The van der Waals surface area contributed by atoms with Crippen molar-refractivity contribution in [2.75, 3.05) is 32.6 Å². The molecule has 4 rings (SSSR count). The van der Waals surface area contributed by atoms with Crippen LogP contribution < -0.4 is 14.8 Å². The van der Waals surface area contributed by atoms with Crippen molar-refractivity contribution in [1.29, 1.82) is 0 Å². The smallest absolute Gasteiger partial charge is 0.286 e. The minimum atomic E-state index is -0.319. The van der Waals surface area contributed by atoms with Crippen LogP contribution in [0.5, 0.6) is 11.5 Å². The number of methoxy groups -OCH3 is 2. The van der Waals surface area contributed by atoms with Gasteiger partial charge in [-0.25, -0.2) is 0 Å². The highest BCUT2D eigenvalue weighted by molar-refractivity contribution is 7.13. The van der Waals surface area contributed by atoms with Gasteiger partial charge in [0.2, 0.25) is 5.01 Å². The highest BCUT2D eigenvalue weighted by Crippen LogP contribution is 2.32. The van der Waals surface area contributed by atoms with Crippen molar-refractivity contribution in [3.63, 3.8) is 0 Å². The molecule has 1 aliphatic rings. The molecule has 8 nitrogen and oxygen atoms in total. The van der Waals surface area contributed by atoms with Crippen molar-refractivity contribution in [2.45, 2.75) is 18.8 Å². The van der Waals surface area contributed by atoms with Crippen molar-refractivity contribution < 1.29 is 19.1 Å². The summed E-state index contributed by atoms with van der Waals surface area (Å²) in [7, 11) is 3.11. The molecular weight excluding hydrogens is 464 g/mol. The summed E-state index contributed by atoms with van der Waals surface area (Å²) < 4.78 is 10.5. The summed E-state index contributed by atoms with van der Waals surface area (Å²) in [5.41, 5.74) is 1.13. The van der Waals surface area contributed by atoms with Crippen molar-refractivity contribution in [3.05, 3.63) is 63.1 Å². The van der Waals surface area contributed by atoms with E-state index in [1.165, 1.54) is 11.3 Å². The lowest BCUT2D eigenvalue weighted by Gasteiger charge is -2.31. The number of amides is 2. The van der Waals surface area contributed by atoms with Crippen molar-refractivity contribution in [1.82, 2.24) is 15.1 Å². The van der Waals surface area contributed by atoms with E-state index in [0.717, 1.165) is 17.8 Å². The van der Waals surface area contributed by atoms with Crippen LogP contribution in [0.3, 0.4) is 0 Å². The second-order valence-electron chi connectivity index (χ2n) is 7.58. The summed E-state index contributed by atoms with van der Waals surface area (Å²) in [6.45, 7) is 1.18. The second-order valence-corrected chi connectivity index (χ2v) is 9.02. The minimum Gasteiger partial charge on any atom is -0.497 e. The zero-order valence-electron chi connectivity index (χ0n) is 18.2. The van der Waals surface area contributed by atoms with E-state index in [2.05, 4.69) is 15.5 Å². The van der Waals surface area contributed by atoms with E-state index in [4.69, 9.17) is 21.1 Å². The molecule has 2 aromatic carbocycles. The van der Waals surface area contributed by atoms with Gasteiger partial charge in [-0.05, 0) is 43.2 Å². The van der Waals surface area contributed by atoms with Gasteiger partial charge in [-0.3, -0.25) is 9.59 Å². The highest BCUT2D eigenvalue weighted by Gasteiger charge is 2.28. The first-order valence-corrected chi connectivity index (χ1v) is 11.6. The standard InChI is InChI=1S/C23H23ClN4O4S/c1-31-18-10-15(11-19(13-18)32-2)23(30)28-8-6-14(7-9-28)21-26-27-22(33-21)20(29)25-17-5-3-4-16(24)12-17/h3-5,10-14H,6-9H2,1-2H3,(H,25,29). The largest absolute Gasteiger partial charge is 0.497 e. The normalized spacial score (nSPS) is 14.1. The Morgan fingerprint density at radius 2 is 1.76 bits per heavy atom. The molecule has 2 amide bonds. The average molecular weight is 487 g/mol. The number of piperidine rings is 1. The SMILES string of the molecule is COc1cc(OC)cc(C(=O)N2CCC(c3nnc(C(=O)Nc4cccc(Cl)c4)s3)CC2)c1. The molecule has 0 unspecified atom stereocenters. The predicted octanol–water partition coefficient (Wildman–Crippen LogP) is 4.48. The molecule has 0 radical (unpaired) electrons. The molecule has 1 saturated heterocycles. The Morgan fingerprint density at radius 1 is 1.06 bits per heavy atom. The number of carbonyl (C=O) groups is 2. The summed E-state index contributed by atoms with van der Waals surface area (Å²) in [4.78, 5) is 27.3. The van der Waals surface area contributed by atoms with E-state index in [0.29, 0.717) is 45.9 Å². The fourth-order valence-electron chi connectivity index (χ4n) is 3.69. The second kappa shape index (κ2) is 10.2. The van der Waals surface area contributed by atoms with Gasteiger partial charge in [-0.1, -0.05) is 29.0 Å². The molecule has 1 N–H and O–H groups in total. The fraction of sp³-hybridized carbons (Fsp3) is 0.304. The van der Waals surface area contributed by atoms with Gasteiger partial charge in [0.25, 0.3) is 11.8 Å². The number of benzene rings is 2. The number of likely N-dealkylation sites (tertiary alicyclic amines) is 1. The zero-order valence-corrected chi connectivity index (χ0v) is 19.8. The Bertz CT molecular complexity index is 1140. The molecule has 3 aromatic rings. The number of halogens is 1. The summed E-state index contributed by atoms with van der Waals surface area (Å²) in [5.74, 6) is 0.916. The molecule has 0 bridgehead atoms. The molecule has 1 aliphatic heterocycles. The monoisotopic (exact) mass is 486 g/mol. The van der Waals surface area contributed by atoms with E-state index < -0.39 is 0 Å². The molecule has 10 heteroatoms. The molecule has 0 spiro atoms. The van der Waals surface area contributed by atoms with Gasteiger partial charge in [-0.2, -0.15) is 0 Å². The van der Waals surface area contributed by atoms with Crippen molar-refractivity contribution >= 4 is 40.4 Å². The van der Waals surface area contributed by atoms with Crippen LogP contribution in [0.25, 0.3) is 0 Å². The molecule has 2 heterocycles. The summed E-state index contributed by atoms with van der Waals surface area (Å²) in [6, 6.07) is 12.1. The van der Waals surface area contributed by atoms with Gasteiger partial charge < -0.3 is 19.7 Å². The summed E-state index contributed by atoms with van der Waals surface area (Å²) in [6.07, 6.45) is 1.49. The van der Waals surface area contributed by atoms with Gasteiger partial charge >= 0.3 is 0 Å². The number of aromatic nitrogens is 2. The Kier molecular flexibility index (Phi) is 7.10. The van der Waals surface area contributed by atoms with E-state index in [-0.39, 0.29) is 17.7 Å². The van der Waals surface area contributed by atoms with Gasteiger partial charge in [-0.15, -0.1) is 10.2 Å². The molecule has 0 saturated carbocycles. The third kappa shape index (κ3) is 5.43. The van der Waals surface area contributed by atoms with Crippen LogP contribution >= 0.6 is 22.9 Å². The lowest BCUT2D eigenvalue weighted by molar-refractivity contribution is 0.0712. The summed E-state index contributed by atoms with van der Waals surface area (Å²) >= 11 is 7.25. The maximum absolute atomic E-state index is 13.0. The molecule has 0 aliphatic carbocycles. The maximum Gasteiger partial charge on any atom is 0.286 e. The molecule has 33 heavy (non-hydrogen) atoms. The maximum atomic E-state index is 13.0. The highest BCUT2D eigenvalue weighted by atomic mass is 35.5. The van der Waals surface area contributed by atoms with Gasteiger partial charge in [0, 0.05) is 41.3 Å². The molecule has 1 aromatic heterocycles. The number of ether oxygens (including phenoxy) is 2. The number of anilines is 1. The van der Waals surface area contributed by atoms with E-state index >= 15 is 0 Å². The van der Waals surface area contributed by atoms with E-state index in [1.54, 1.807) is 56.7 Å². The lowest BCUT2D eigenvalue weighted by Crippen LogP contribution is -2.37. The fourth-order valence-corrected chi connectivity index (χ4v) is 4.78. The predicted molar refractivity (Wildman–Crippen MR) is 127 cm³/mol. The van der Waals surface area contributed by atoms with Crippen LogP contribution in [0.1, 0.15) is 43.9 Å².